The van der Waals surface area contributed by atoms with Crippen LogP contribution in [0.1, 0.15) is 94.2 Å². The van der Waals surface area contributed by atoms with Crippen molar-refractivity contribution in [2.24, 2.45) is 0 Å². The molecule has 8 aromatic carbocycles. The van der Waals surface area contributed by atoms with Gasteiger partial charge in [-0.15, -0.1) is 11.1 Å². The van der Waals surface area contributed by atoms with Crippen LogP contribution in [0.3, 0.4) is 0 Å². The molecule has 0 aliphatic rings. The Hall–Kier alpha value is -4.09. The number of fused-ring (bicyclic) bond motifs is 2. The molecular weight excluding hydrogens is 657 g/mol. The number of hydrogen-bond donors (Lipinski definition) is 0. The van der Waals surface area contributed by atoms with Crippen molar-refractivity contribution in [3.8, 4) is 22.9 Å². The summed E-state index contributed by atoms with van der Waals surface area (Å²) in [6.45, 7) is 29.0. The predicted molar refractivity (Wildman–Crippen MR) is 238 cm³/mol. The quantitative estimate of drug-likeness (QED) is 0.0697. The van der Waals surface area contributed by atoms with Gasteiger partial charge >= 0.3 is 0 Å². The van der Waals surface area contributed by atoms with Crippen molar-refractivity contribution in [3.05, 3.63) is 83.9 Å². The van der Waals surface area contributed by atoms with E-state index in [-0.39, 0.29) is 0 Å². The van der Waals surface area contributed by atoms with Crippen LogP contribution in [-0.4, -0.2) is 16.1 Å². The fourth-order valence-corrected chi connectivity index (χ4v) is 21.9. The third-order valence-electron chi connectivity index (χ3n) is 13.7. The molecule has 0 aliphatic heterocycles. The Morgan fingerprint density at radius 3 is 0.731 bits per heavy atom. The Balaban J connectivity index is 1.60. The van der Waals surface area contributed by atoms with Crippen LogP contribution in [0.4, 0.5) is 0 Å². The van der Waals surface area contributed by atoms with Gasteiger partial charge < -0.3 is 0 Å². The Bertz CT molecular complexity index is 2400. The molecule has 0 heterocycles. The molecule has 8 aromatic rings. The van der Waals surface area contributed by atoms with Crippen molar-refractivity contribution in [1.82, 2.24) is 0 Å². The van der Waals surface area contributed by atoms with Crippen LogP contribution >= 0.6 is 0 Å². The van der Waals surface area contributed by atoms with Gasteiger partial charge in [0.2, 0.25) is 0 Å². The van der Waals surface area contributed by atoms with Crippen molar-refractivity contribution in [1.29, 1.82) is 0 Å². The van der Waals surface area contributed by atoms with Crippen LogP contribution in [0.5, 0.6) is 0 Å². The zero-order valence-electron chi connectivity index (χ0n) is 33.4. The van der Waals surface area contributed by atoms with E-state index in [1.54, 1.807) is 0 Å². The standard InChI is InChI=1S/C50H54Si2/c1-29(2)51(30(3)4,31(5)6)27-25-35-37-17-13-21-41-43-23-15-19-39-36(26-28-52(32(7)8,33(9)10)34(11)12)40-20-16-24-44-42-22-14-18-38(35)46(42)49(45(37)41)50(47(39)43)48(40)44/h13-24,29-34H,1-12H3. The molecule has 2 heteroatoms. The summed E-state index contributed by atoms with van der Waals surface area (Å²) in [5, 5.41) is 18.8. The van der Waals surface area contributed by atoms with E-state index in [1.807, 2.05) is 0 Å². The first-order valence-electron chi connectivity index (χ1n) is 19.9. The van der Waals surface area contributed by atoms with E-state index in [0.29, 0.717) is 33.2 Å². The molecule has 8 rings (SSSR count). The van der Waals surface area contributed by atoms with Gasteiger partial charge in [-0.1, -0.05) is 168 Å². The summed E-state index contributed by atoms with van der Waals surface area (Å²) in [7, 11) is -3.93. The molecule has 0 aromatic heterocycles. The van der Waals surface area contributed by atoms with E-state index in [9.17, 15) is 0 Å². The summed E-state index contributed by atoms with van der Waals surface area (Å²) < 4.78 is 0. The highest BCUT2D eigenvalue weighted by molar-refractivity contribution is 6.91. The highest BCUT2D eigenvalue weighted by atomic mass is 28.3. The largest absolute Gasteiger partial charge is 0.146 e. The molecule has 0 aliphatic carbocycles. The molecule has 0 spiro atoms. The van der Waals surface area contributed by atoms with Gasteiger partial charge in [0.25, 0.3) is 0 Å². The zero-order valence-corrected chi connectivity index (χ0v) is 35.4. The molecule has 0 fully saturated rings. The van der Waals surface area contributed by atoms with E-state index in [1.165, 1.54) is 86.5 Å². The van der Waals surface area contributed by atoms with Crippen molar-refractivity contribution in [2.45, 2.75) is 116 Å². The Labute approximate surface area is 313 Å². The van der Waals surface area contributed by atoms with E-state index in [4.69, 9.17) is 0 Å². The lowest BCUT2D eigenvalue weighted by Gasteiger charge is -2.38. The van der Waals surface area contributed by atoms with Crippen LogP contribution in [0.15, 0.2) is 72.8 Å². The lowest BCUT2D eigenvalue weighted by Crippen LogP contribution is -2.43. The normalized spacial score (nSPS) is 13.3. The average molecular weight is 711 g/mol. The highest BCUT2D eigenvalue weighted by Crippen LogP contribution is 2.53. The summed E-state index contributed by atoms with van der Waals surface area (Å²) in [5.41, 5.74) is 14.2. The first-order chi connectivity index (χ1) is 24.8. The van der Waals surface area contributed by atoms with Crippen molar-refractivity contribution in [3.63, 3.8) is 0 Å². The smallest absolute Gasteiger partial charge is 0.125 e. The van der Waals surface area contributed by atoms with Crippen LogP contribution in [-0.2, 0) is 0 Å². The van der Waals surface area contributed by atoms with Gasteiger partial charge in [-0.3, -0.25) is 0 Å². The highest BCUT2D eigenvalue weighted by Gasteiger charge is 2.43. The van der Waals surface area contributed by atoms with E-state index in [2.05, 4.69) is 179 Å². The maximum Gasteiger partial charge on any atom is 0.146 e. The second-order valence-electron chi connectivity index (χ2n) is 17.7. The van der Waals surface area contributed by atoms with Crippen molar-refractivity contribution in [2.75, 3.05) is 0 Å². The molecule has 0 nitrogen and oxygen atoms in total. The summed E-state index contributed by atoms with van der Waals surface area (Å²) in [5.74, 6) is 8.01. The summed E-state index contributed by atoms with van der Waals surface area (Å²) >= 11 is 0. The van der Waals surface area contributed by atoms with Gasteiger partial charge in [0.05, 0.1) is 0 Å². The third kappa shape index (κ3) is 4.47. The average Bonchev–Trinajstić information content (AvgIpc) is 3.10. The van der Waals surface area contributed by atoms with Crippen molar-refractivity contribution < 1.29 is 0 Å². The Morgan fingerprint density at radius 1 is 0.308 bits per heavy atom. The molecular formula is C50H54Si2. The molecule has 0 bridgehead atoms. The minimum Gasteiger partial charge on any atom is -0.125 e. The molecule has 0 unspecified atom stereocenters. The minimum absolute atomic E-state index is 0.581. The van der Waals surface area contributed by atoms with Crippen LogP contribution < -0.4 is 0 Å². The molecule has 0 amide bonds. The molecule has 0 atom stereocenters. The fourth-order valence-electron chi connectivity index (χ4n) is 11.5. The van der Waals surface area contributed by atoms with Gasteiger partial charge in [0, 0.05) is 11.1 Å². The fraction of sp³-hybridized carbons (Fsp3) is 0.360. The second-order valence-corrected chi connectivity index (χ2v) is 28.9. The summed E-state index contributed by atoms with van der Waals surface area (Å²) in [6.07, 6.45) is 0. The first kappa shape index (κ1) is 35.0. The molecule has 262 valence electrons. The minimum atomic E-state index is -1.97. The van der Waals surface area contributed by atoms with Gasteiger partial charge in [0.1, 0.15) is 16.1 Å². The van der Waals surface area contributed by atoms with Crippen LogP contribution in [0.25, 0.3) is 75.4 Å². The zero-order chi connectivity index (χ0) is 37.0. The molecule has 52 heavy (non-hydrogen) atoms. The van der Waals surface area contributed by atoms with Gasteiger partial charge in [-0.2, -0.15) is 0 Å². The number of hydrogen-bond acceptors (Lipinski definition) is 0. The van der Waals surface area contributed by atoms with Gasteiger partial charge in [-0.05, 0) is 109 Å². The van der Waals surface area contributed by atoms with E-state index >= 15 is 0 Å². The molecule has 0 radical (unpaired) electrons. The molecule has 0 saturated carbocycles. The predicted octanol–water partition coefficient (Wildman–Crippen LogP) is 15.2. The van der Waals surface area contributed by atoms with Gasteiger partial charge in [0.15, 0.2) is 0 Å². The van der Waals surface area contributed by atoms with E-state index in [0.717, 1.165) is 0 Å². The lowest BCUT2D eigenvalue weighted by molar-refractivity contribution is 0.838. The third-order valence-corrected chi connectivity index (χ3v) is 26.3. The van der Waals surface area contributed by atoms with Crippen molar-refractivity contribution >= 4 is 91.6 Å². The maximum absolute atomic E-state index is 4.13. The SMILES string of the molecule is CC(C)[Si](C#Cc1c2cccc3c4cccc5c(C#C[Si](C(C)C)(C(C)C)C(C)C)c6cccc7c8cccc1c8c(c23)c(c54)c67)(C(C)C)C(C)C. The van der Waals surface area contributed by atoms with Crippen LogP contribution in [0.2, 0.25) is 33.2 Å². The van der Waals surface area contributed by atoms with Gasteiger partial charge in [-0.25, -0.2) is 0 Å². The monoisotopic (exact) mass is 710 g/mol. The topological polar surface area (TPSA) is 0 Å². The van der Waals surface area contributed by atoms with Crippen LogP contribution in [0, 0.1) is 22.9 Å². The number of rotatable bonds is 6. The Morgan fingerprint density at radius 2 is 0.519 bits per heavy atom. The van der Waals surface area contributed by atoms with E-state index < -0.39 is 16.1 Å². The second kappa shape index (κ2) is 12.2. The molecule has 0 N–H and O–H groups in total. The lowest BCUT2D eigenvalue weighted by atomic mass is 9.78. The molecule has 0 saturated heterocycles. The maximum atomic E-state index is 4.13. The summed E-state index contributed by atoms with van der Waals surface area (Å²) in [6, 6.07) is 28.0. The number of benzene rings is 8. The Kier molecular flexibility index (Phi) is 8.23. The first-order valence-corrected chi connectivity index (χ1v) is 24.4. The summed E-state index contributed by atoms with van der Waals surface area (Å²) in [4.78, 5) is 0.